The van der Waals surface area contributed by atoms with Gasteiger partial charge >= 0.3 is 6.03 Å². The molecule has 6 nitrogen and oxygen atoms in total. The van der Waals surface area contributed by atoms with Crippen molar-refractivity contribution in [1.29, 1.82) is 0 Å². The zero-order valence-electron chi connectivity index (χ0n) is 14.8. The number of aromatic nitrogens is 2. The van der Waals surface area contributed by atoms with Crippen molar-refractivity contribution in [3.63, 3.8) is 0 Å². The number of carbonyl (C=O) groups excluding carboxylic acids is 2. The van der Waals surface area contributed by atoms with Gasteiger partial charge < -0.3 is 4.90 Å². The molecule has 3 heterocycles. The van der Waals surface area contributed by atoms with Gasteiger partial charge in [-0.05, 0) is 37.1 Å². The summed E-state index contributed by atoms with van der Waals surface area (Å²) in [7, 11) is 0. The predicted molar refractivity (Wildman–Crippen MR) is 102 cm³/mol. The summed E-state index contributed by atoms with van der Waals surface area (Å²) in [4.78, 5) is 27.9. The van der Waals surface area contributed by atoms with E-state index in [1.807, 2.05) is 28.3 Å². The van der Waals surface area contributed by atoms with Gasteiger partial charge in [-0.15, -0.1) is 11.3 Å². The van der Waals surface area contributed by atoms with Crippen LogP contribution in [0.5, 0.6) is 0 Å². The first-order valence-corrected chi connectivity index (χ1v) is 10.3. The normalized spacial score (nSPS) is 21.1. The fourth-order valence-corrected chi connectivity index (χ4v) is 4.78. The lowest BCUT2D eigenvalue weighted by Crippen LogP contribution is -2.44. The van der Waals surface area contributed by atoms with E-state index in [9.17, 15) is 9.59 Å². The van der Waals surface area contributed by atoms with Gasteiger partial charge in [0.05, 0.1) is 17.1 Å². The number of anilines is 1. The van der Waals surface area contributed by atoms with Crippen LogP contribution in [0.3, 0.4) is 0 Å². The zero-order valence-corrected chi connectivity index (χ0v) is 15.6. The average molecular weight is 372 g/mol. The minimum absolute atomic E-state index is 0.104. The van der Waals surface area contributed by atoms with Crippen LogP contribution in [0.15, 0.2) is 29.8 Å². The van der Waals surface area contributed by atoms with Crippen molar-refractivity contribution < 1.29 is 9.59 Å². The van der Waals surface area contributed by atoms with E-state index < -0.39 is 0 Å². The molecule has 138 valence electrons. The lowest BCUT2D eigenvalue weighted by Gasteiger charge is -2.32. The van der Waals surface area contributed by atoms with E-state index in [0.717, 1.165) is 36.4 Å². The zero-order chi connectivity index (χ0) is 17.9. The minimum atomic E-state index is -0.131. The first kappa shape index (κ1) is 17.3. The molecular weight excluding hydrogens is 348 g/mol. The molecule has 0 bridgehead atoms. The number of hydrogen-bond acceptors (Lipinski definition) is 4. The van der Waals surface area contributed by atoms with Gasteiger partial charge in [0.1, 0.15) is 5.82 Å². The van der Waals surface area contributed by atoms with Crippen LogP contribution in [0.4, 0.5) is 10.6 Å². The fourth-order valence-electron chi connectivity index (χ4n) is 4.04. The summed E-state index contributed by atoms with van der Waals surface area (Å²) in [5.41, 5.74) is 0. The van der Waals surface area contributed by atoms with Crippen LogP contribution in [-0.2, 0) is 0 Å². The third kappa shape index (κ3) is 3.53. The molecule has 2 fully saturated rings. The number of nitrogens with one attached hydrogen (secondary N) is 1. The maximum Gasteiger partial charge on any atom is 0.323 e. The average Bonchev–Trinajstić information content (AvgIpc) is 3.42. The van der Waals surface area contributed by atoms with Gasteiger partial charge in [-0.3, -0.25) is 10.1 Å². The highest BCUT2D eigenvalue weighted by Crippen LogP contribution is 2.31. The number of carbonyl (C=O) groups is 2. The Balaban J connectivity index is 1.40. The quantitative estimate of drug-likeness (QED) is 0.819. The summed E-state index contributed by atoms with van der Waals surface area (Å²) in [6.07, 6.45) is 8.12. The molecule has 1 saturated heterocycles. The van der Waals surface area contributed by atoms with E-state index in [1.165, 1.54) is 24.2 Å². The second kappa shape index (κ2) is 7.61. The molecule has 2 aliphatic rings. The summed E-state index contributed by atoms with van der Waals surface area (Å²) >= 11 is 1.47. The van der Waals surface area contributed by atoms with Crippen LogP contribution in [0, 0.1) is 5.92 Å². The second-order valence-electron chi connectivity index (χ2n) is 7.16. The van der Waals surface area contributed by atoms with Gasteiger partial charge in [0, 0.05) is 25.1 Å². The largest absolute Gasteiger partial charge is 0.324 e. The van der Waals surface area contributed by atoms with E-state index >= 15 is 0 Å². The number of rotatable bonds is 4. The van der Waals surface area contributed by atoms with Gasteiger partial charge in [-0.25, -0.2) is 9.48 Å². The Morgan fingerprint density at radius 3 is 2.77 bits per heavy atom. The molecule has 1 atom stereocenters. The Morgan fingerprint density at radius 1 is 1.15 bits per heavy atom. The molecule has 1 N–H and O–H groups in total. The molecule has 4 rings (SSSR count). The molecule has 0 radical (unpaired) electrons. The topological polar surface area (TPSA) is 67.2 Å². The van der Waals surface area contributed by atoms with Crippen molar-refractivity contribution >= 4 is 29.0 Å². The summed E-state index contributed by atoms with van der Waals surface area (Å²) in [6.45, 7) is 1.18. The Morgan fingerprint density at radius 2 is 2.00 bits per heavy atom. The van der Waals surface area contributed by atoms with Crippen LogP contribution >= 0.6 is 11.3 Å². The molecular formula is C19H24N4O2S. The summed E-state index contributed by atoms with van der Waals surface area (Å²) in [5, 5.41) is 9.34. The Bertz CT molecular complexity index is 764. The summed E-state index contributed by atoms with van der Waals surface area (Å²) < 4.78 is 1.95. The van der Waals surface area contributed by atoms with Crippen molar-refractivity contribution in [3.8, 4) is 0 Å². The monoisotopic (exact) mass is 372 g/mol. The molecule has 0 spiro atoms. The molecule has 7 heteroatoms. The molecule has 0 unspecified atom stereocenters. The number of hydrogen-bond donors (Lipinski definition) is 1. The highest BCUT2D eigenvalue weighted by atomic mass is 32.1. The van der Waals surface area contributed by atoms with Crippen molar-refractivity contribution in [2.24, 2.45) is 5.92 Å². The predicted octanol–water partition coefficient (Wildman–Crippen LogP) is 4.19. The number of ketones is 1. The van der Waals surface area contributed by atoms with Gasteiger partial charge in [0.2, 0.25) is 0 Å². The lowest BCUT2D eigenvalue weighted by molar-refractivity contribution is 0.0855. The number of likely N-dealkylation sites (tertiary alicyclic amines) is 1. The van der Waals surface area contributed by atoms with Crippen LogP contribution in [0.2, 0.25) is 0 Å². The van der Waals surface area contributed by atoms with Crippen LogP contribution in [0.1, 0.15) is 54.2 Å². The number of Topliss-reactive ketones (excluding diaryl/α,β-unsaturated/α-hetero) is 1. The fraction of sp³-hybridized carbons (Fsp3) is 0.526. The summed E-state index contributed by atoms with van der Waals surface area (Å²) in [5.74, 6) is 0.815. The maximum atomic E-state index is 12.8. The molecule has 2 aromatic heterocycles. The molecule has 1 aliphatic carbocycles. The van der Waals surface area contributed by atoms with Crippen molar-refractivity contribution in [1.82, 2.24) is 14.7 Å². The Hall–Kier alpha value is -2.15. The number of amides is 2. The molecule has 1 aliphatic heterocycles. The van der Waals surface area contributed by atoms with Crippen LogP contribution in [-0.4, -0.2) is 39.6 Å². The van der Waals surface area contributed by atoms with Gasteiger partial charge in [-0.2, -0.15) is 5.10 Å². The second-order valence-corrected chi connectivity index (χ2v) is 8.10. The van der Waals surface area contributed by atoms with Crippen molar-refractivity contribution in [3.05, 3.63) is 34.7 Å². The number of piperidine rings is 1. The number of thiophene rings is 1. The first-order chi connectivity index (χ1) is 12.7. The van der Waals surface area contributed by atoms with E-state index in [1.54, 1.807) is 11.1 Å². The van der Waals surface area contributed by atoms with Crippen molar-refractivity contribution in [2.45, 2.75) is 44.6 Å². The van der Waals surface area contributed by atoms with Crippen LogP contribution < -0.4 is 5.32 Å². The molecule has 1 saturated carbocycles. The smallest absolute Gasteiger partial charge is 0.323 e. The lowest BCUT2D eigenvalue weighted by atomic mass is 9.93. The standard InChI is InChI=1S/C19H24N4O2S/c24-18(16-8-4-12-26-16)14-5-3-11-22(13-14)19(25)21-17-9-10-20-23(17)15-6-1-2-7-15/h4,8-10,12,14-15H,1-3,5-7,11,13H2,(H,21,25)/t14-/m1/s1. The van der Waals surface area contributed by atoms with E-state index in [0.29, 0.717) is 19.1 Å². The van der Waals surface area contributed by atoms with E-state index in [4.69, 9.17) is 0 Å². The van der Waals surface area contributed by atoms with E-state index in [-0.39, 0.29) is 17.7 Å². The minimum Gasteiger partial charge on any atom is -0.324 e. The molecule has 0 aromatic carbocycles. The first-order valence-electron chi connectivity index (χ1n) is 9.39. The molecule has 2 aromatic rings. The Labute approximate surface area is 157 Å². The molecule has 26 heavy (non-hydrogen) atoms. The van der Waals surface area contributed by atoms with E-state index in [2.05, 4.69) is 10.4 Å². The highest BCUT2D eigenvalue weighted by Gasteiger charge is 2.30. The van der Waals surface area contributed by atoms with Gasteiger partial charge in [0.25, 0.3) is 0 Å². The number of urea groups is 1. The van der Waals surface area contributed by atoms with Crippen LogP contribution in [0.25, 0.3) is 0 Å². The Kier molecular flexibility index (Phi) is 5.06. The third-order valence-electron chi connectivity index (χ3n) is 5.42. The maximum absolute atomic E-state index is 12.8. The number of nitrogens with zero attached hydrogens (tertiary/aromatic N) is 3. The summed E-state index contributed by atoms with van der Waals surface area (Å²) in [6, 6.07) is 5.87. The third-order valence-corrected chi connectivity index (χ3v) is 6.30. The molecule has 2 amide bonds. The highest BCUT2D eigenvalue weighted by molar-refractivity contribution is 7.12. The van der Waals surface area contributed by atoms with Crippen molar-refractivity contribution in [2.75, 3.05) is 18.4 Å². The van der Waals surface area contributed by atoms with Gasteiger partial charge in [-0.1, -0.05) is 18.9 Å². The van der Waals surface area contributed by atoms with Gasteiger partial charge in [0.15, 0.2) is 5.78 Å². The SMILES string of the molecule is O=C(c1cccs1)[C@@H]1CCCN(C(=O)Nc2ccnn2C2CCCC2)C1.